The highest BCUT2D eigenvalue weighted by atomic mass is 32.1. The van der Waals surface area contributed by atoms with E-state index in [9.17, 15) is 14.0 Å². The Hall–Kier alpha value is -2.55. The van der Waals surface area contributed by atoms with Crippen molar-refractivity contribution < 1.29 is 14.0 Å². The Bertz CT molecular complexity index is 779. The maximum Gasteiger partial charge on any atom is 0.228 e. The summed E-state index contributed by atoms with van der Waals surface area (Å²) in [5, 5.41) is 14.3. The summed E-state index contributed by atoms with van der Waals surface area (Å²) >= 11 is 1.32. The van der Waals surface area contributed by atoms with Gasteiger partial charge in [0.15, 0.2) is 0 Å². The molecule has 9 heteroatoms. The summed E-state index contributed by atoms with van der Waals surface area (Å²) in [5.41, 5.74) is 6.49. The number of nitrogen functional groups attached to an aromatic ring is 1. The number of fused-ring (bicyclic) bond motifs is 1. The number of hydrogen-bond donors (Lipinski definition) is 3. The Morgan fingerprint density at radius 2 is 2.29 bits per heavy atom. The van der Waals surface area contributed by atoms with Crippen molar-refractivity contribution >= 4 is 34.0 Å². The van der Waals surface area contributed by atoms with Gasteiger partial charge in [-0.2, -0.15) is 0 Å². The van der Waals surface area contributed by atoms with Crippen molar-refractivity contribution in [3.05, 3.63) is 34.6 Å². The summed E-state index contributed by atoms with van der Waals surface area (Å²) in [7, 11) is 0. The molecule has 0 fully saturated rings. The maximum atomic E-state index is 13.5. The van der Waals surface area contributed by atoms with Crippen LogP contribution >= 0.6 is 11.3 Å². The van der Waals surface area contributed by atoms with E-state index < -0.39 is 11.7 Å². The fourth-order valence-electron chi connectivity index (χ4n) is 2.61. The van der Waals surface area contributed by atoms with Crippen molar-refractivity contribution in [2.75, 3.05) is 17.6 Å². The van der Waals surface area contributed by atoms with Gasteiger partial charge in [-0.3, -0.25) is 9.59 Å². The van der Waals surface area contributed by atoms with Crippen LogP contribution in [0.3, 0.4) is 0 Å². The first-order chi connectivity index (χ1) is 11.5. The van der Waals surface area contributed by atoms with Gasteiger partial charge in [-0.1, -0.05) is 11.3 Å². The number of aromatic nitrogens is 2. The van der Waals surface area contributed by atoms with Crippen molar-refractivity contribution in [1.29, 1.82) is 0 Å². The third-order valence-corrected chi connectivity index (χ3v) is 4.53. The number of nitrogens with zero attached hydrogens (tertiary/aromatic N) is 2. The molecule has 126 valence electrons. The van der Waals surface area contributed by atoms with Crippen LogP contribution < -0.4 is 16.4 Å². The fourth-order valence-corrected chi connectivity index (χ4v) is 3.26. The van der Waals surface area contributed by atoms with Gasteiger partial charge in [0, 0.05) is 25.1 Å². The van der Waals surface area contributed by atoms with E-state index >= 15 is 0 Å². The zero-order valence-electron chi connectivity index (χ0n) is 12.7. The predicted molar refractivity (Wildman–Crippen MR) is 88.0 cm³/mol. The minimum Gasteiger partial charge on any atom is -0.374 e. The number of hydrogen-bond acceptors (Lipinski definition) is 6. The molecule has 4 N–H and O–H groups in total. The minimum atomic E-state index is -0.679. The molecular weight excluding hydrogens is 333 g/mol. The molecule has 7 nitrogen and oxygen atoms in total. The van der Waals surface area contributed by atoms with Crippen LogP contribution in [0.15, 0.2) is 18.2 Å². The van der Waals surface area contributed by atoms with Crippen molar-refractivity contribution in [3.63, 3.8) is 0 Å². The number of anilines is 2. The van der Waals surface area contributed by atoms with E-state index in [2.05, 4.69) is 20.8 Å². The standard InChI is InChI=1S/C15H16FN5O2S/c16-8-3-4-11-9(6-8)10(7-12(22)19-11)14(23)18-5-1-2-13-20-21-15(17)24-13/h3-4,6,10H,1-2,5,7H2,(H2,17,21)(H,18,23)(H,19,22)/t10-/m0/s1. The van der Waals surface area contributed by atoms with Crippen LogP contribution in [0, 0.1) is 5.82 Å². The van der Waals surface area contributed by atoms with Crippen LogP contribution in [0.25, 0.3) is 0 Å². The number of carbonyl (C=O) groups excluding carboxylic acids is 2. The van der Waals surface area contributed by atoms with Crippen molar-refractivity contribution in [1.82, 2.24) is 15.5 Å². The van der Waals surface area contributed by atoms with Gasteiger partial charge in [0.05, 0.1) is 5.92 Å². The molecule has 0 radical (unpaired) electrons. The highest BCUT2D eigenvalue weighted by Crippen LogP contribution is 2.32. The number of halogens is 1. The van der Waals surface area contributed by atoms with Gasteiger partial charge in [-0.25, -0.2) is 4.39 Å². The van der Waals surface area contributed by atoms with Crippen molar-refractivity contribution in [2.45, 2.75) is 25.2 Å². The molecule has 1 aromatic heterocycles. The zero-order valence-corrected chi connectivity index (χ0v) is 13.5. The number of amides is 2. The second-order valence-corrected chi connectivity index (χ2v) is 6.56. The summed E-state index contributed by atoms with van der Waals surface area (Å²) in [6.45, 7) is 0.432. The van der Waals surface area contributed by atoms with Crippen LogP contribution in [0.2, 0.25) is 0 Å². The number of rotatable bonds is 5. The van der Waals surface area contributed by atoms with E-state index in [1.54, 1.807) is 0 Å². The Kier molecular flexibility index (Phi) is 4.70. The van der Waals surface area contributed by atoms with Gasteiger partial charge in [-0.15, -0.1) is 10.2 Å². The lowest BCUT2D eigenvalue weighted by Gasteiger charge is -2.24. The molecule has 0 aliphatic carbocycles. The molecule has 2 aromatic rings. The topological polar surface area (TPSA) is 110 Å². The molecule has 1 aliphatic rings. The lowest BCUT2D eigenvalue weighted by atomic mass is 9.89. The summed E-state index contributed by atoms with van der Waals surface area (Å²) in [4.78, 5) is 24.1. The smallest absolute Gasteiger partial charge is 0.228 e. The van der Waals surface area contributed by atoms with Crippen molar-refractivity contribution in [3.8, 4) is 0 Å². The number of aryl methyl sites for hydroxylation is 1. The predicted octanol–water partition coefficient (Wildman–Crippen LogP) is 1.43. The second-order valence-electron chi connectivity index (χ2n) is 5.47. The first kappa shape index (κ1) is 16.3. The lowest BCUT2D eigenvalue weighted by Crippen LogP contribution is -2.35. The molecular formula is C15H16FN5O2S. The number of nitrogens with two attached hydrogens (primary N) is 1. The molecule has 1 aromatic carbocycles. The molecule has 0 spiro atoms. The quantitative estimate of drug-likeness (QED) is 0.708. The molecule has 24 heavy (non-hydrogen) atoms. The summed E-state index contributed by atoms with van der Waals surface area (Å²) in [6.07, 6.45) is 1.34. The number of carbonyl (C=O) groups is 2. The third kappa shape index (κ3) is 3.67. The molecule has 1 aliphatic heterocycles. The van der Waals surface area contributed by atoms with E-state index in [1.165, 1.54) is 29.5 Å². The highest BCUT2D eigenvalue weighted by molar-refractivity contribution is 7.15. The summed E-state index contributed by atoms with van der Waals surface area (Å²) < 4.78 is 13.5. The Labute approximate surface area is 141 Å². The van der Waals surface area contributed by atoms with E-state index in [-0.39, 0.29) is 18.2 Å². The van der Waals surface area contributed by atoms with Gasteiger partial charge in [0.25, 0.3) is 0 Å². The van der Waals surface area contributed by atoms with Crippen LogP contribution in [-0.2, 0) is 16.0 Å². The normalized spacial score (nSPS) is 16.4. The Balaban J connectivity index is 1.59. The monoisotopic (exact) mass is 349 g/mol. The lowest BCUT2D eigenvalue weighted by molar-refractivity contribution is -0.126. The van der Waals surface area contributed by atoms with Crippen molar-refractivity contribution in [2.24, 2.45) is 0 Å². The average Bonchev–Trinajstić information content (AvgIpc) is 2.96. The van der Waals surface area contributed by atoms with Crippen LogP contribution in [-0.4, -0.2) is 28.6 Å². The van der Waals surface area contributed by atoms with Crippen LogP contribution in [0.4, 0.5) is 15.2 Å². The number of nitrogens with one attached hydrogen (secondary N) is 2. The molecule has 2 amide bonds. The maximum absolute atomic E-state index is 13.5. The van der Waals surface area contributed by atoms with E-state index in [1.807, 2.05) is 0 Å². The third-order valence-electron chi connectivity index (χ3n) is 3.72. The molecule has 0 unspecified atom stereocenters. The molecule has 0 bridgehead atoms. The summed E-state index contributed by atoms with van der Waals surface area (Å²) in [5.74, 6) is -1.65. The first-order valence-electron chi connectivity index (χ1n) is 7.48. The summed E-state index contributed by atoms with van der Waals surface area (Å²) in [6, 6.07) is 4.03. The molecule has 0 saturated heterocycles. The van der Waals surface area contributed by atoms with E-state index in [0.717, 1.165) is 5.01 Å². The molecule has 3 rings (SSSR count). The van der Waals surface area contributed by atoms with E-state index in [4.69, 9.17) is 5.73 Å². The van der Waals surface area contributed by atoms with E-state index in [0.29, 0.717) is 35.8 Å². The highest BCUT2D eigenvalue weighted by Gasteiger charge is 2.30. The second kappa shape index (κ2) is 6.91. The Morgan fingerprint density at radius 1 is 1.46 bits per heavy atom. The van der Waals surface area contributed by atoms with Crippen LogP contribution in [0.1, 0.15) is 29.3 Å². The van der Waals surface area contributed by atoms with Gasteiger partial charge in [0.1, 0.15) is 10.8 Å². The molecule has 1 atom stereocenters. The van der Waals surface area contributed by atoms with Gasteiger partial charge >= 0.3 is 0 Å². The Morgan fingerprint density at radius 3 is 3.04 bits per heavy atom. The SMILES string of the molecule is Nc1nnc(CCCNC(=O)[C@H]2CC(=O)Nc3ccc(F)cc32)s1. The van der Waals surface area contributed by atoms with Gasteiger partial charge in [0.2, 0.25) is 16.9 Å². The number of benzene rings is 1. The van der Waals surface area contributed by atoms with Gasteiger partial charge < -0.3 is 16.4 Å². The minimum absolute atomic E-state index is 0.00915. The molecule has 2 heterocycles. The van der Waals surface area contributed by atoms with Crippen LogP contribution in [0.5, 0.6) is 0 Å². The average molecular weight is 349 g/mol. The zero-order chi connectivity index (χ0) is 17.1. The first-order valence-corrected chi connectivity index (χ1v) is 8.29. The largest absolute Gasteiger partial charge is 0.374 e. The van der Waals surface area contributed by atoms with Gasteiger partial charge in [-0.05, 0) is 30.2 Å². The fraction of sp³-hybridized carbons (Fsp3) is 0.333. The molecule has 0 saturated carbocycles.